The van der Waals surface area contributed by atoms with Crippen LogP contribution >= 0.6 is 0 Å². The summed E-state index contributed by atoms with van der Waals surface area (Å²) in [5.74, 6) is 2.58. The monoisotopic (exact) mass is 396 g/mol. The van der Waals surface area contributed by atoms with Gasteiger partial charge in [-0.05, 0) is 60.9 Å². The lowest BCUT2D eigenvalue weighted by Gasteiger charge is -2.28. The second-order valence-corrected chi connectivity index (χ2v) is 8.95. The van der Waals surface area contributed by atoms with E-state index in [4.69, 9.17) is 4.74 Å². The Morgan fingerprint density at radius 2 is 1.97 bits per heavy atom. The van der Waals surface area contributed by atoms with Gasteiger partial charge in [0.1, 0.15) is 11.5 Å². The van der Waals surface area contributed by atoms with Crippen molar-refractivity contribution in [3.05, 3.63) is 53.9 Å². The summed E-state index contributed by atoms with van der Waals surface area (Å²) < 4.78 is 5.32. The lowest BCUT2D eigenvalue weighted by molar-refractivity contribution is 0.0352. The number of methoxy groups -OCH3 is 1. The van der Waals surface area contributed by atoms with E-state index >= 15 is 0 Å². The first-order valence-corrected chi connectivity index (χ1v) is 10.7. The average molecular weight is 397 g/mol. The number of pyridine rings is 1. The van der Waals surface area contributed by atoms with E-state index in [1.165, 1.54) is 6.20 Å². The maximum atomic E-state index is 11.2. The van der Waals surface area contributed by atoms with Crippen LogP contribution in [-0.2, 0) is 6.42 Å². The van der Waals surface area contributed by atoms with Gasteiger partial charge in [0.25, 0.3) is 0 Å². The number of aromatic hydroxyl groups is 1. The normalized spacial score (nSPS) is 27.7. The number of nitrogens with zero attached hydrogens (tertiary/aromatic N) is 2. The van der Waals surface area contributed by atoms with Crippen LogP contribution < -0.4 is 4.74 Å². The van der Waals surface area contributed by atoms with E-state index in [2.05, 4.69) is 22.9 Å². The summed E-state index contributed by atoms with van der Waals surface area (Å²) in [5, 5.41) is 20.7. The van der Waals surface area contributed by atoms with Crippen molar-refractivity contribution in [1.82, 2.24) is 9.88 Å². The molecule has 1 aromatic heterocycles. The molecule has 2 aliphatic rings. The van der Waals surface area contributed by atoms with Crippen molar-refractivity contribution in [2.24, 2.45) is 11.8 Å². The van der Waals surface area contributed by atoms with Gasteiger partial charge < -0.3 is 19.8 Å². The van der Waals surface area contributed by atoms with Crippen molar-refractivity contribution in [2.45, 2.75) is 44.1 Å². The lowest BCUT2D eigenvalue weighted by Crippen LogP contribution is -2.33. The third-order valence-corrected chi connectivity index (χ3v) is 6.76. The standard InChI is InChI=1S/C24H32N2O3/c1-3-18(23-8-7-21(27)13-25-23)14-26-15-19-11-24(28,12-20(19)16-26)10-17-5-4-6-22(9-17)29-2/h4-9,13,18-20,27-28H,3,10-12,14-16H2,1-2H3/t18?,19-,20+,24-. The number of aromatic nitrogens is 1. The van der Waals surface area contributed by atoms with Crippen molar-refractivity contribution in [3.63, 3.8) is 0 Å². The number of likely N-dealkylation sites (tertiary alicyclic amines) is 1. The smallest absolute Gasteiger partial charge is 0.133 e. The van der Waals surface area contributed by atoms with Gasteiger partial charge in [0.2, 0.25) is 0 Å². The zero-order valence-electron chi connectivity index (χ0n) is 17.4. The molecule has 0 amide bonds. The molecule has 5 heteroatoms. The van der Waals surface area contributed by atoms with E-state index < -0.39 is 5.60 Å². The van der Waals surface area contributed by atoms with Crippen molar-refractivity contribution in [2.75, 3.05) is 26.7 Å². The lowest BCUT2D eigenvalue weighted by atomic mass is 9.91. The number of fused-ring (bicyclic) bond motifs is 1. The fourth-order valence-corrected chi connectivity index (χ4v) is 5.40. The van der Waals surface area contributed by atoms with Crippen LogP contribution in [-0.4, -0.2) is 52.4 Å². The summed E-state index contributed by atoms with van der Waals surface area (Å²) in [6, 6.07) is 11.7. The first-order valence-electron chi connectivity index (χ1n) is 10.7. The van der Waals surface area contributed by atoms with Gasteiger partial charge in [-0.15, -0.1) is 0 Å². The zero-order valence-corrected chi connectivity index (χ0v) is 17.4. The Balaban J connectivity index is 1.34. The highest BCUT2D eigenvalue weighted by molar-refractivity contribution is 5.30. The molecule has 2 N–H and O–H groups in total. The number of aliphatic hydroxyl groups is 1. The minimum Gasteiger partial charge on any atom is -0.506 e. The van der Waals surface area contributed by atoms with Gasteiger partial charge in [-0.2, -0.15) is 0 Å². The van der Waals surface area contributed by atoms with Gasteiger partial charge in [0.05, 0.1) is 18.9 Å². The van der Waals surface area contributed by atoms with Gasteiger partial charge in [-0.3, -0.25) is 4.98 Å². The van der Waals surface area contributed by atoms with E-state index in [1.54, 1.807) is 13.2 Å². The summed E-state index contributed by atoms with van der Waals surface area (Å²) >= 11 is 0. The molecule has 2 heterocycles. The highest BCUT2D eigenvalue weighted by atomic mass is 16.5. The van der Waals surface area contributed by atoms with Crippen molar-refractivity contribution < 1.29 is 14.9 Å². The summed E-state index contributed by atoms with van der Waals surface area (Å²) in [4.78, 5) is 6.97. The van der Waals surface area contributed by atoms with Crippen LogP contribution in [0.2, 0.25) is 0 Å². The van der Waals surface area contributed by atoms with Crippen molar-refractivity contribution in [1.29, 1.82) is 0 Å². The second kappa shape index (κ2) is 8.33. The van der Waals surface area contributed by atoms with E-state index in [0.29, 0.717) is 24.2 Å². The fourth-order valence-electron chi connectivity index (χ4n) is 5.40. The average Bonchev–Trinajstić information content (AvgIpc) is 3.20. The molecule has 4 rings (SSSR count). The highest BCUT2D eigenvalue weighted by Crippen LogP contribution is 2.45. The maximum Gasteiger partial charge on any atom is 0.133 e. The number of hydrogen-bond donors (Lipinski definition) is 2. The first kappa shape index (κ1) is 20.2. The van der Waals surface area contributed by atoms with E-state index in [-0.39, 0.29) is 5.75 Å². The molecule has 1 aromatic carbocycles. The molecule has 2 aromatic rings. The highest BCUT2D eigenvalue weighted by Gasteiger charge is 2.48. The van der Waals surface area contributed by atoms with Crippen LogP contribution in [0.3, 0.4) is 0 Å². The quantitative estimate of drug-likeness (QED) is 0.749. The predicted molar refractivity (Wildman–Crippen MR) is 113 cm³/mol. The van der Waals surface area contributed by atoms with Gasteiger partial charge in [-0.25, -0.2) is 0 Å². The Kier molecular flexibility index (Phi) is 5.79. The number of benzene rings is 1. The summed E-state index contributed by atoms with van der Waals surface area (Å²) in [5.41, 5.74) is 1.60. The summed E-state index contributed by atoms with van der Waals surface area (Å²) in [7, 11) is 1.68. The Labute approximate surface area is 173 Å². The van der Waals surface area contributed by atoms with Gasteiger partial charge in [0, 0.05) is 37.7 Å². The van der Waals surface area contributed by atoms with Gasteiger partial charge in [-0.1, -0.05) is 19.1 Å². The molecule has 1 unspecified atom stereocenters. The summed E-state index contributed by atoms with van der Waals surface area (Å²) in [6.07, 6.45) is 5.02. The summed E-state index contributed by atoms with van der Waals surface area (Å²) in [6.45, 7) is 5.30. The Morgan fingerprint density at radius 3 is 2.59 bits per heavy atom. The van der Waals surface area contributed by atoms with E-state index in [1.807, 2.05) is 24.3 Å². The molecule has 1 aliphatic carbocycles. The Morgan fingerprint density at radius 1 is 1.21 bits per heavy atom. The number of hydrogen-bond acceptors (Lipinski definition) is 5. The second-order valence-electron chi connectivity index (χ2n) is 8.95. The Bertz CT molecular complexity index is 809. The molecule has 1 saturated carbocycles. The maximum absolute atomic E-state index is 11.2. The molecule has 1 saturated heterocycles. The minimum absolute atomic E-state index is 0.217. The van der Waals surface area contributed by atoms with Crippen LogP contribution in [0.1, 0.15) is 43.4 Å². The van der Waals surface area contributed by atoms with Crippen molar-refractivity contribution >= 4 is 0 Å². The third-order valence-electron chi connectivity index (χ3n) is 6.76. The topological polar surface area (TPSA) is 65.8 Å². The van der Waals surface area contributed by atoms with Crippen LogP contribution in [0.25, 0.3) is 0 Å². The number of ether oxygens (including phenoxy) is 1. The molecule has 4 atom stereocenters. The molecule has 1 aliphatic heterocycles. The Hall–Kier alpha value is -2.11. The fraction of sp³-hybridized carbons (Fsp3) is 0.542. The van der Waals surface area contributed by atoms with Gasteiger partial charge >= 0.3 is 0 Å². The van der Waals surface area contributed by atoms with Crippen LogP contribution in [0.4, 0.5) is 0 Å². The molecular weight excluding hydrogens is 364 g/mol. The van der Waals surface area contributed by atoms with E-state index in [0.717, 1.165) is 55.9 Å². The first-order chi connectivity index (χ1) is 14.0. The largest absolute Gasteiger partial charge is 0.506 e. The minimum atomic E-state index is -0.601. The zero-order chi connectivity index (χ0) is 20.4. The SMILES string of the molecule is CCC(CN1C[C@@H]2C[C@@](O)(Cc3cccc(OC)c3)C[C@@H]2C1)c1ccc(O)cn1. The van der Waals surface area contributed by atoms with Crippen molar-refractivity contribution in [3.8, 4) is 11.5 Å². The van der Waals surface area contributed by atoms with Crippen LogP contribution in [0.15, 0.2) is 42.6 Å². The van der Waals surface area contributed by atoms with E-state index in [9.17, 15) is 10.2 Å². The molecule has 2 fully saturated rings. The molecule has 0 spiro atoms. The predicted octanol–water partition coefficient (Wildman–Crippen LogP) is 3.61. The molecule has 156 valence electrons. The van der Waals surface area contributed by atoms with Gasteiger partial charge in [0.15, 0.2) is 0 Å². The molecule has 0 bridgehead atoms. The van der Waals surface area contributed by atoms with Crippen LogP contribution in [0, 0.1) is 11.8 Å². The van der Waals surface area contributed by atoms with Crippen LogP contribution in [0.5, 0.6) is 11.5 Å². The number of rotatable bonds is 7. The molecule has 0 radical (unpaired) electrons. The molecular formula is C24H32N2O3. The molecule has 29 heavy (non-hydrogen) atoms. The third kappa shape index (κ3) is 4.57. The molecule has 5 nitrogen and oxygen atoms in total.